The van der Waals surface area contributed by atoms with Crippen LogP contribution in [0.2, 0.25) is 0 Å². The van der Waals surface area contributed by atoms with Gasteiger partial charge in [-0.2, -0.15) is 0 Å². The van der Waals surface area contributed by atoms with Crippen molar-refractivity contribution in [1.29, 1.82) is 0 Å². The Morgan fingerprint density at radius 2 is 1.89 bits per heavy atom. The number of nitrogens with zero attached hydrogens (tertiary/aromatic N) is 3. The molecule has 0 radical (unpaired) electrons. The first kappa shape index (κ1) is 19.2. The first-order chi connectivity index (χ1) is 13.2. The number of guanidine groups is 1. The summed E-state index contributed by atoms with van der Waals surface area (Å²) >= 11 is 3.61. The maximum atomic E-state index is 4.48. The first-order valence-corrected chi connectivity index (χ1v) is 9.72. The molecule has 140 valence electrons. The molecular weight excluding hydrogens is 402 g/mol. The number of imidazole rings is 1. The van der Waals surface area contributed by atoms with E-state index in [0.717, 1.165) is 22.8 Å². The lowest BCUT2D eigenvalue weighted by molar-refractivity contribution is 0.657. The quantitative estimate of drug-likeness (QED) is 0.461. The number of benzene rings is 2. The molecule has 1 atom stereocenters. The summed E-state index contributed by atoms with van der Waals surface area (Å²) in [5.41, 5.74) is 2.44. The maximum absolute atomic E-state index is 4.48. The number of aliphatic imine (C=N–C) groups is 1. The van der Waals surface area contributed by atoms with Gasteiger partial charge in [0.1, 0.15) is 5.82 Å². The molecule has 2 aromatic carbocycles. The van der Waals surface area contributed by atoms with Crippen molar-refractivity contribution in [2.24, 2.45) is 4.99 Å². The summed E-state index contributed by atoms with van der Waals surface area (Å²) in [5, 5.41) is 6.79. The monoisotopic (exact) mass is 425 g/mol. The smallest absolute Gasteiger partial charge is 0.191 e. The molecule has 1 unspecified atom stereocenters. The second kappa shape index (κ2) is 9.37. The highest BCUT2D eigenvalue weighted by molar-refractivity contribution is 9.10. The lowest BCUT2D eigenvalue weighted by Gasteiger charge is -2.19. The molecule has 3 rings (SSSR count). The third-order valence-electron chi connectivity index (χ3n) is 4.36. The average Bonchev–Trinajstić information content (AvgIpc) is 3.13. The van der Waals surface area contributed by atoms with E-state index in [1.54, 1.807) is 7.05 Å². The lowest BCUT2D eigenvalue weighted by Crippen LogP contribution is -2.38. The van der Waals surface area contributed by atoms with Gasteiger partial charge in [0.15, 0.2) is 5.96 Å². The molecule has 0 aliphatic rings. The Hall–Kier alpha value is -2.60. The summed E-state index contributed by atoms with van der Waals surface area (Å²) in [4.78, 5) is 8.82. The Kier molecular flexibility index (Phi) is 6.65. The zero-order valence-corrected chi connectivity index (χ0v) is 17.1. The van der Waals surface area contributed by atoms with Gasteiger partial charge in [-0.05, 0) is 24.1 Å². The van der Waals surface area contributed by atoms with E-state index in [4.69, 9.17) is 0 Å². The van der Waals surface area contributed by atoms with Crippen molar-refractivity contribution in [1.82, 2.24) is 20.2 Å². The van der Waals surface area contributed by atoms with Gasteiger partial charge >= 0.3 is 0 Å². The molecule has 1 aromatic heterocycles. The van der Waals surface area contributed by atoms with Crippen LogP contribution in [0.15, 0.2) is 76.5 Å². The number of rotatable bonds is 6. The van der Waals surface area contributed by atoms with Crippen LogP contribution in [0, 0.1) is 0 Å². The molecule has 2 N–H and O–H groups in total. The predicted molar refractivity (Wildman–Crippen MR) is 114 cm³/mol. The van der Waals surface area contributed by atoms with Crippen molar-refractivity contribution in [2.75, 3.05) is 7.05 Å². The molecule has 3 aromatic rings. The Morgan fingerprint density at radius 1 is 1.15 bits per heavy atom. The van der Waals surface area contributed by atoms with Crippen molar-refractivity contribution in [3.05, 3.63) is 88.4 Å². The summed E-state index contributed by atoms with van der Waals surface area (Å²) < 4.78 is 3.23. The number of aromatic nitrogens is 2. The zero-order valence-electron chi connectivity index (χ0n) is 15.6. The van der Waals surface area contributed by atoms with E-state index in [2.05, 4.69) is 78.4 Å². The lowest BCUT2D eigenvalue weighted by atomic mass is 10.1. The maximum Gasteiger partial charge on any atom is 0.191 e. The number of halogens is 1. The molecule has 0 amide bonds. The Bertz CT molecular complexity index is 888. The van der Waals surface area contributed by atoms with Gasteiger partial charge in [0.25, 0.3) is 0 Å². The fraction of sp³-hybridized carbons (Fsp3) is 0.238. The minimum atomic E-state index is 0.121. The van der Waals surface area contributed by atoms with Gasteiger partial charge < -0.3 is 15.2 Å². The van der Waals surface area contributed by atoms with Gasteiger partial charge in [-0.15, -0.1) is 0 Å². The molecule has 1 heterocycles. The fourth-order valence-electron chi connectivity index (χ4n) is 2.90. The van der Waals surface area contributed by atoms with Crippen molar-refractivity contribution in [3.63, 3.8) is 0 Å². The Morgan fingerprint density at radius 3 is 2.63 bits per heavy atom. The highest BCUT2D eigenvalue weighted by Gasteiger charge is 2.11. The minimum absolute atomic E-state index is 0.121. The van der Waals surface area contributed by atoms with E-state index >= 15 is 0 Å². The van der Waals surface area contributed by atoms with Crippen molar-refractivity contribution in [3.8, 4) is 0 Å². The molecule has 0 fully saturated rings. The third kappa shape index (κ3) is 5.20. The topological polar surface area (TPSA) is 54.2 Å². The third-order valence-corrected chi connectivity index (χ3v) is 5.08. The van der Waals surface area contributed by atoms with Crippen LogP contribution in [0.4, 0.5) is 0 Å². The second-order valence-corrected chi connectivity index (χ2v) is 7.12. The molecule has 0 aliphatic carbocycles. The van der Waals surface area contributed by atoms with Gasteiger partial charge in [-0.25, -0.2) is 4.98 Å². The minimum Gasteiger partial charge on any atom is -0.350 e. The van der Waals surface area contributed by atoms with E-state index in [0.29, 0.717) is 6.54 Å². The predicted octanol–water partition coefficient (Wildman–Crippen LogP) is 4.12. The van der Waals surface area contributed by atoms with Gasteiger partial charge in [-0.3, -0.25) is 4.99 Å². The van der Waals surface area contributed by atoms with Crippen LogP contribution in [0.1, 0.15) is 29.9 Å². The molecule has 0 saturated carbocycles. The van der Waals surface area contributed by atoms with Gasteiger partial charge in [-0.1, -0.05) is 64.5 Å². The van der Waals surface area contributed by atoms with Crippen LogP contribution in [0.5, 0.6) is 0 Å². The van der Waals surface area contributed by atoms with Crippen molar-refractivity contribution in [2.45, 2.75) is 26.1 Å². The highest BCUT2D eigenvalue weighted by Crippen LogP contribution is 2.22. The van der Waals surface area contributed by atoms with Crippen LogP contribution in [0.25, 0.3) is 0 Å². The summed E-state index contributed by atoms with van der Waals surface area (Å²) in [7, 11) is 1.78. The summed E-state index contributed by atoms with van der Waals surface area (Å²) in [5.74, 6) is 1.71. The van der Waals surface area contributed by atoms with Gasteiger partial charge in [0.2, 0.25) is 0 Å². The summed E-state index contributed by atoms with van der Waals surface area (Å²) in [6.45, 7) is 3.52. The van der Waals surface area contributed by atoms with E-state index < -0.39 is 0 Å². The van der Waals surface area contributed by atoms with Gasteiger partial charge in [0.05, 0.1) is 12.6 Å². The highest BCUT2D eigenvalue weighted by atomic mass is 79.9. The van der Waals surface area contributed by atoms with Crippen LogP contribution < -0.4 is 10.6 Å². The summed E-state index contributed by atoms with van der Waals surface area (Å²) in [6, 6.07) is 18.7. The number of hydrogen-bond acceptors (Lipinski definition) is 2. The first-order valence-electron chi connectivity index (χ1n) is 8.93. The van der Waals surface area contributed by atoms with E-state index in [1.807, 2.05) is 36.7 Å². The largest absolute Gasteiger partial charge is 0.350 e. The summed E-state index contributed by atoms with van der Waals surface area (Å²) in [6.07, 6.45) is 3.84. The molecule has 0 aliphatic heterocycles. The van der Waals surface area contributed by atoms with E-state index in [-0.39, 0.29) is 6.04 Å². The zero-order chi connectivity index (χ0) is 19.1. The van der Waals surface area contributed by atoms with Crippen LogP contribution in [-0.4, -0.2) is 22.6 Å². The number of hydrogen-bond donors (Lipinski definition) is 2. The van der Waals surface area contributed by atoms with E-state index in [1.165, 1.54) is 11.1 Å². The van der Waals surface area contributed by atoms with Crippen LogP contribution in [-0.2, 0) is 13.1 Å². The molecule has 5 nitrogen and oxygen atoms in total. The fourth-order valence-corrected chi connectivity index (χ4v) is 3.53. The standard InChI is InChI=1S/C21H24BrN5/c1-16(18-10-6-7-11-19(18)22)26-21(23-2)25-14-20-24-12-13-27(20)15-17-8-4-3-5-9-17/h3-13,16H,14-15H2,1-2H3,(H2,23,25,26). The molecule has 0 bridgehead atoms. The van der Waals surface area contributed by atoms with Crippen LogP contribution in [0.3, 0.4) is 0 Å². The number of nitrogens with one attached hydrogen (secondary N) is 2. The average molecular weight is 426 g/mol. The molecule has 27 heavy (non-hydrogen) atoms. The van der Waals surface area contributed by atoms with Crippen molar-refractivity contribution < 1.29 is 0 Å². The second-order valence-electron chi connectivity index (χ2n) is 6.27. The van der Waals surface area contributed by atoms with Gasteiger partial charge in [0, 0.05) is 30.5 Å². The molecule has 0 saturated heterocycles. The Balaban J connectivity index is 1.61. The van der Waals surface area contributed by atoms with Crippen molar-refractivity contribution >= 4 is 21.9 Å². The SMILES string of the molecule is CN=C(NCc1nccn1Cc1ccccc1)NC(C)c1ccccc1Br. The Labute approximate surface area is 168 Å². The molecular formula is C21H24BrN5. The molecule has 6 heteroatoms. The normalized spacial score (nSPS) is 12.6. The molecule has 0 spiro atoms. The van der Waals surface area contributed by atoms with E-state index in [9.17, 15) is 0 Å². The van der Waals surface area contributed by atoms with Crippen LogP contribution >= 0.6 is 15.9 Å².